The Morgan fingerprint density at radius 3 is 2.52 bits per heavy atom. The van der Waals surface area contributed by atoms with Gasteiger partial charge in [-0.1, -0.05) is 24.8 Å². The molecule has 0 bridgehead atoms. The molecule has 122 valence electrons. The molecule has 6 nitrogen and oxygen atoms in total. The molecule has 2 amide bonds. The normalized spacial score (nSPS) is 19.6. The molecule has 2 aliphatic heterocycles. The van der Waals surface area contributed by atoms with Gasteiger partial charge in [-0.2, -0.15) is 0 Å². The molecule has 1 aromatic rings. The maximum atomic E-state index is 12.5. The van der Waals surface area contributed by atoms with E-state index in [4.69, 9.17) is 4.74 Å². The number of nitrogens with one attached hydrogen (secondary N) is 1. The van der Waals surface area contributed by atoms with E-state index in [1.807, 2.05) is 30.3 Å². The van der Waals surface area contributed by atoms with Gasteiger partial charge in [-0.05, 0) is 31.9 Å². The van der Waals surface area contributed by atoms with Crippen LogP contribution in [0, 0.1) is 0 Å². The Bertz CT molecular complexity index is 621. The first-order valence-electron chi connectivity index (χ1n) is 7.76. The van der Waals surface area contributed by atoms with E-state index < -0.39 is 11.6 Å². The molecule has 0 unspecified atom stereocenters. The highest BCUT2D eigenvalue weighted by Crippen LogP contribution is 2.36. The average Bonchev–Trinajstić information content (AvgIpc) is 2.85. The second-order valence-corrected chi connectivity index (χ2v) is 6.02. The summed E-state index contributed by atoms with van der Waals surface area (Å²) in [5.74, 6) is 0.411. The van der Waals surface area contributed by atoms with Crippen LogP contribution in [0.25, 0.3) is 0 Å². The maximum absolute atomic E-state index is 12.5. The average molecular weight is 315 g/mol. The van der Waals surface area contributed by atoms with Crippen molar-refractivity contribution in [3.8, 4) is 0 Å². The van der Waals surface area contributed by atoms with Crippen LogP contribution < -0.4 is 10.2 Å². The van der Waals surface area contributed by atoms with Crippen LogP contribution >= 0.6 is 0 Å². The lowest BCUT2D eigenvalue weighted by atomic mass is 9.86. The summed E-state index contributed by atoms with van der Waals surface area (Å²) >= 11 is 0. The van der Waals surface area contributed by atoms with Gasteiger partial charge in [0.15, 0.2) is 0 Å². The summed E-state index contributed by atoms with van der Waals surface area (Å²) in [5, 5.41) is 2.94. The highest BCUT2D eigenvalue weighted by atomic mass is 16.6. The van der Waals surface area contributed by atoms with E-state index in [2.05, 4.69) is 16.8 Å². The topological polar surface area (TPSA) is 61.9 Å². The van der Waals surface area contributed by atoms with Gasteiger partial charge in [-0.25, -0.2) is 4.79 Å². The van der Waals surface area contributed by atoms with Crippen molar-refractivity contribution in [1.82, 2.24) is 10.2 Å². The highest BCUT2D eigenvalue weighted by Gasteiger charge is 2.50. The lowest BCUT2D eigenvalue weighted by Crippen LogP contribution is -2.57. The van der Waals surface area contributed by atoms with Crippen molar-refractivity contribution in [1.29, 1.82) is 0 Å². The summed E-state index contributed by atoms with van der Waals surface area (Å²) in [7, 11) is 0. The van der Waals surface area contributed by atoms with Gasteiger partial charge >= 0.3 is 6.09 Å². The van der Waals surface area contributed by atoms with Crippen LogP contribution in [0.5, 0.6) is 0 Å². The third-order valence-electron chi connectivity index (χ3n) is 4.52. The number of ether oxygens (including phenoxy) is 1. The molecule has 1 spiro atoms. The van der Waals surface area contributed by atoms with Gasteiger partial charge in [0.1, 0.15) is 5.54 Å². The number of hydrogen-bond acceptors (Lipinski definition) is 4. The SMILES string of the molecule is C=C(C)OC(=O)N1CCC2(CC1)C(=O)NCN2c1ccccc1. The van der Waals surface area contributed by atoms with E-state index in [1.165, 1.54) is 0 Å². The Morgan fingerprint density at radius 2 is 1.91 bits per heavy atom. The summed E-state index contributed by atoms with van der Waals surface area (Å²) < 4.78 is 5.06. The first-order valence-corrected chi connectivity index (χ1v) is 7.76. The molecule has 3 rings (SSSR count). The molecule has 0 radical (unpaired) electrons. The van der Waals surface area contributed by atoms with Crippen molar-refractivity contribution >= 4 is 17.7 Å². The quantitative estimate of drug-likeness (QED) is 0.849. The number of piperidine rings is 1. The van der Waals surface area contributed by atoms with E-state index >= 15 is 0 Å². The molecule has 2 saturated heterocycles. The molecule has 23 heavy (non-hydrogen) atoms. The maximum Gasteiger partial charge on any atom is 0.414 e. The molecule has 2 fully saturated rings. The number of benzene rings is 1. The molecular weight excluding hydrogens is 294 g/mol. The Kier molecular flexibility index (Phi) is 3.98. The van der Waals surface area contributed by atoms with E-state index in [-0.39, 0.29) is 5.91 Å². The molecule has 0 aliphatic carbocycles. The molecule has 0 aromatic heterocycles. The standard InChI is InChI=1S/C17H21N3O3/c1-13(2)23-16(22)19-10-8-17(9-11-19)15(21)18-12-20(17)14-6-4-3-5-7-14/h3-7H,1,8-12H2,2H3,(H,18,21). The number of carbonyl (C=O) groups is 2. The van der Waals surface area contributed by atoms with Crippen LogP contribution in [0.2, 0.25) is 0 Å². The lowest BCUT2D eigenvalue weighted by Gasteiger charge is -2.42. The molecular formula is C17H21N3O3. The molecule has 1 N–H and O–H groups in total. The Balaban J connectivity index is 1.75. The van der Waals surface area contributed by atoms with Crippen LogP contribution in [0.15, 0.2) is 42.7 Å². The molecule has 2 aliphatic rings. The molecule has 0 atom stereocenters. The van der Waals surface area contributed by atoms with Gasteiger partial charge < -0.3 is 19.9 Å². The Labute approximate surface area is 135 Å². The fourth-order valence-electron chi connectivity index (χ4n) is 3.31. The van der Waals surface area contributed by atoms with Gasteiger partial charge in [0.05, 0.1) is 12.4 Å². The minimum atomic E-state index is -0.582. The van der Waals surface area contributed by atoms with Gasteiger partial charge in [-0.3, -0.25) is 4.79 Å². The molecule has 1 aromatic carbocycles. The van der Waals surface area contributed by atoms with Crippen LogP contribution in [0.4, 0.5) is 10.5 Å². The smallest absolute Gasteiger partial charge is 0.414 e. The second kappa shape index (κ2) is 5.95. The number of carbonyl (C=O) groups excluding carboxylic acids is 2. The molecule has 2 heterocycles. The van der Waals surface area contributed by atoms with Crippen molar-refractivity contribution in [2.75, 3.05) is 24.7 Å². The van der Waals surface area contributed by atoms with Crippen LogP contribution in [0.1, 0.15) is 19.8 Å². The number of amides is 2. The number of rotatable bonds is 2. The summed E-state index contributed by atoms with van der Waals surface area (Å²) in [6.45, 7) is 6.70. The number of para-hydroxylation sites is 1. The van der Waals surface area contributed by atoms with Crippen molar-refractivity contribution in [3.63, 3.8) is 0 Å². The zero-order chi connectivity index (χ0) is 16.4. The Hall–Kier alpha value is -2.50. The Morgan fingerprint density at radius 1 is 1.26 bits per heavy atom. The van der Waals surface area contributed by atoms with Crippen LogP contribution in [0.3, 0.4) is 0 Å². The van der Waals surface area contributed by atoms with E-state index in [0.29, 0.717) is 38.4 Å². The minimum Gasteiger partial charge on any atom is -0.416 e. The zero-order valence-corrected chi connectivity index (χ0v) is 13.2. The van der Waals surface area contributed by atoms with Crippen LogP contribution in [-0.4, -0.2) is 42.2 Å². The fourth-order valence-corrected chi connectivity index (χ4v) is 3.31. The fraction of sp³-hybridized carbons (Fsp3) is 0.412. The van der Waals surface area contributed by atoms with Crippen molar-refractivity contribution in [2.45, 2.75) is 25.3 Å². The number of anilines is 1. The van der Waals surface area contributed by atoms with E-state index in [0.717, 1.165) is 5.69 Å². The van der Waals surface area contributed by atoms with Crippen molar-refractivity contribution in [3.05, 3.63) is 42.7 Å². The highest BCUT2D eigenvalue weighted by molar-refractivity contribution is 5.93. The summed E-state index contributed by atoms with van der Waals surface area (Å²) in [5.41, 5.74) is 0.435. The van der Waals surface area contributed by atoms with Crippen molar-refractivity contribution < 1.29 is 14.3 Å². The van der Waals surface area contributed by atoms with Gasteiger partial charge in [0, 0.05) is 18.8 Å². The number of hydrogen-bond donors (Lipinski definition) is 1. The van der Waals surface area contributed by atoms with E-state index in [9.17, 15) is 9.59 Å². The second-order valence-electron chi connectivity index (χ2n) is 6.02. The first-order chi connectivity index (χ1) is 11.0. The van der Waals surface area contributed by atoms with Gasteiger partial charge in [-0.15, -0.1) is 0 Å². The summed E-state index contributed by atoms with van der Waals surface area (Å²) in [6, 6.07) is 9.89. The number of allylic oxidation sites excluding steroid dienone is 1. The van der Waals surface area contributed by atoms with Crippen LogP contribution in [-0.2, 0) is 9.53 Å². The molecule has 6 heteroatoms. The lowest BCUT2D eigenvalue weighted by molar-refractivity contribution is -0.125. The number of likely N-dealkylation sites (tertiary alicyclic amines) is 1. The minimum absolute atomic E-state index is 0.0364. The number of nitrogens with zero attached hydrogens (tertiary/aromatic N) is 2. The largest absolute Gasteiger partial charge is 0.416 e. The predicted molar refractivity (Wildman–Crippen MR) is 86.8 cm³/mol. The van der Waals surface area contributed by atoms with Gasteiger partial charge in [0.25, 0.3) is 0 Å². The first kappa shape index (κ1) is 15.4. The summed E-state index contributed by atoms with van der Waals surface area (Å²) in [4.78, 5) is 28.2. The van der Waals surface area contributed by atoms with Crippen molar-refractivity contribution in [2.24, 2.45) is 0 Å². The monoisotopic (exact) mass is 315 g/mol. The molecule has 0 saturated carbocycles. The third-order valence-corrected chi connectivity index (χ3v) is 4.52. The third kappa shape index (κ3) is 2.76. The summed E-state index contributed by atoms with van der Waals surface area (Å²) in [6.07, 6.45) is 0.773. The van der Waals surface area contributed by atoms with E-state index in [1.54, 1.807) is 11.8 Å². The predicted octanol–water partition coefficient (Wildman–Crippen LogP) is 2.09. The zero-order valence-electron chi connectivity index (χ0n) is 13.2. The van der Waals surface area contributed by atoms with Gasteiger partial charge in [0.2, 0.25) is 5.91 Å².